The van der Waals surface area contributed by atoms with Crippen molar-refractivity contribution in [3.63, 3.8) is 0 Å². The van der Waals surface area contributed by atoms with Crippen LogP contribution < -0.4 is 0 Å². The molecule has 3 heteroatoms. The summed E-state index contributed by atoms with van der Waals surface area (Å²) in [5.41, 5.74) is 5.01. The van der Waals surface area contributed by atoms with Crippen LogP contribution in [0.2, 0.25) is 0 Å². The van der Waals surface area contributed by atoms with E-state index in [0.29, 0.717) is 4.83 Å². The average Bonchev–Trinajstić information content (AvgIpc) is 2.35. The molecule has 1 nitrogen and oxygen atoms in total. The van der Waals surface area contributed by atoms with E-state index in [1.165, 1.54) is 16.7 Å². The van der Waals surface area contributed by atoms with E-state index in [2.05, 4.69) is 75.0 Å². The quantitative estimate of drug-likeness (QED) is 0.683. The van der Waals surface area contributed by atoms with Gasteiger partial charge in [-0.05, 0) is 48.7 Å². The minimum absolute atomic E-state index is 0.295. The second-order valence-electron chi connectivity index (χ2n) is 4.44. The van der Waals surface area contributed by atoms with Crippen molar-refractivity contribution in [2.45, 2.75) is 25.1 Å². The van der Waals surface area contributed by atoms with Crippen molar-refractivity contribution in [2.24, 2.45) is 0 Å². The van der Waals surface area contributed by atoms with Gasteiger partial charge in [-0.25, -0.2) is 0 Å². The third-order valence-corrected chi connectivity index (χ3v) is 4.38. The van der Waals surface area contributed by atoms with Gasteiger partial charge in [-0.3, -0.25) is 4.98 Å². The number of pyridine rings is 1. The zero-order chi connectivity index (χ0) is 13.1. The zero-order valence-electron chi connectivity index (χ0n) is 10.5. The highest BCUT2D eigenvalue weighted by Crippen LogP contribution is 2.31. The number of hydrogen-bond donors (Lipinski definition) is 0. The summed E-state index contributed by atoms with van der Waals surface area (Å²) in [6, 6.07) is 10.5. The third kappa shape index (κ3) is 3.21. The summed E-state index contributed by atoms with van der Waals surface area (Å²) in [6.07, 6.45) is 2.76. The summed E-state index contributed by atoms with van der Waals surface area (Å²) in [7, 11) is 0. The molecule has 0 bridgehead atoms. The number of rotatable bonds is 3. The predicted molar refractivity (Wildman–Crippen MR) is 83.2 cm³/mol. The SMILES string of the molecule is Cc1ccc(Br)cc1C(Br)Cc1ncccc1C. The third-order valence-electron chi connectivity index (χ3n) is 3.07. The molecule has 1 atom stereocenters. The van der Waals surface area contributed by atoms with Gasteiger partial charge in [-0.15, -0.1) is 0 Å². The molecule has 0 fully saturated rings. The van der Waals surface area contributed by atoms with E-state index in [1.807, 2.05) is 12.3 Å². The molecule has 1 heterocycles. The largest absolute Gasteiger partial charge is 0.261 e. The Morgan fingerprint density at radius 1 is 1.17 bits per heavy atom. The van der Waals surface area contributed by atoms with Crippen molar-refractivity contribution in [2.75, 3.05) is 0 Å². The topological polar surface area (TPSA) is 12.9 Å². The number of nitrogens with zero attached hydrogens (tertiary/aromatic N) is 1. The van der Waals surface area contributed by atoms with Gasteiger partial charge in [-0.2, -0.15) is 0 Å². The molecule has 1 aromatic carbocycles. The molecule has 1 aromatic heterocycles. The second-order valence-corrected chi connectivity index (χ2v) is 6.46. The average molecular weight is 369 g/mol. The van der Waals surface area contributed by atoms with E-state index in [4.69, 9.17) is 0 Å². The smallest absolute Gasteiger partial charge is 0.0453 e. The van der Waals surface area contributed by atoms with Crippen molar-refractivity contribution >= 4 is 31.9 Å². The lowest BCUT2D eigenvalue weighted by molar-refractivity contribution is 0.884. The van der Waals surface area contributed by atoms with Crippen LogP contribution in [0.15, 0.2) is 41.0 Å². The summed E-state index contributed by atoms with van der Waals surface area (Å²) >= 11 is 7.31. The summed E-state index contributed by atoms with van der Waals surface area (Å²) in [6.45, 7) is 4.25. The van der Waals surface area contributed by atoms with Crippen LogP contribution in [-0.2, 0) is 6.42 Å². The fourth-order valence-electron chi connectivity index (χ4n) is 1.96. The van der Waals surface area contributed by atoms with E-state index >= 15 is 0 Å². The number of halogens is 2. The predicted octanol–water partition coefficient (Wildman–Crippen LogP) is 5.14. The molecule has 1 unspecified atom stereocenters. The lowest BCUT2D eigenvalue weighted by Crippen LogP contribution is -2.01. The van der Waals surface area contributed by atoms with Gasteiger partial charge in [0, 0.05) is 27.6 Å². The maximum absolute atomic E-state index is 4.45. The summed E-state index contributed by atoms with van der Waals surface area (Å²) in [5, 5.41) is 0. The van der Waals surface area contributed by atoms with Gasteiger partial charge in [0.05, 0.1) is 0 Å². The lowest BCUT2D eigenvalue weighted by Gasteiger charge is -2.14. The van der Waals surface area contributed by atoms with Crippen molar-refractivity contribution in [1.29, 1.82) is 0 Å². The first-order valence-electron chi connectivity index (χ1n) is 5.88. The Hall–Kier alpha value is -0.670. The first-order valence-corrected chi connectivity index (χ1v) is 7.59. The number of benzene rings is 1. The number of hydrogen-bond acceptors (Lipinski definition) is 1. The molecule has 0 saturated heterocycles. The first-order chi connectivity index (χ1) is 8.58. The molecule has 0 N–H and O–H groups in total. The number of aryl methyl sites for hydroxylation is 2. The standard InChI is InChI=1S/C15H15Br2N/c1-10-5-6-12(16)8-13(10)14(17)9-15-11(2)4-3-7-18-15/h3-8,14H,9H2,1-2H3. The Morgan fingerprint density at radius 3 is 2.67 bits per heavy atom. The van der Waals surface area contributed by atoms with Crippen LogP contribution in [0.1, 0.15) is 27.2 Å². The van der Waals surface area contributed by atoms with E-state index in [0.717, 1.165) is 16.6 Å². The van der Waals surface area contributed by atoms with Gasteiger partial charge in [0.2, 0.25) is 0 Å². The molecular weight excluding hydrogens is 354 g/mol. The van der Waals surface area contributed by atoms with Gasteiger partial charge in [0.25, 0.3) is 0 Å². The molecule has 2 aromatic rings. The second kappa shape index (κ2) is 5.98. The minimum Gasteiger partial charge on any atom is -0.261 e. The Labute approximate surface area is 125 Å². The van der Waals surface area contributed by atoms with Crippen molar-refractivity contribution in [1.82, 2.24) is 4.98 Å². The first kappa shape index (κ1) is 13.8. The van der Waals surface area contributed by atoms with Crippen LogP contribution in [0.3, 0.4) is 0 Å². The summed E-state index contributed by atoms with van der Waals surface area (Å²) in [4.78, 5) is 4.75. The Morgan fingerprint density at radius 2 is 1.94 bits per heavy atom. The van der Waals surface area contributed by atoms with Gasteiger partial charge in [0.15, 0.2) is 0 Å². The minimum atomic E-state index is 0.295. The van der Waals surface area contributed by atoms with Crippen molar-refractivity contribution in [3.05, 3.63) is 63.4 Å². The van der Waals surface area contributed by atoms with E-state index in [-0.39, 0.29) is 0 Å². The molecule has 18 heavy (non-hydrogen) atoms. The van der Waals surface area contributed by atoms with Crippen molar-refractivity contribution in [3.8, 4) is 0 Å². The van der Waals surface area contributed by atoms with Gasteiger partial charge in [0.1, 0.15) is 0 Å². The molecule has 2 rings (SSSR count). The molecule has 0 saturated carbocycles. The van der Waals surface area contributed by atoms with E-state index in [1.54, 1.807) is 0 Å². The Kier molecular flexibility index (Phi) is 4.57. The maximum atomic E-state index is 4.45. The lowest BCUT2D eigenvalue weighted by atomic mass is 10.0. The van der Waals surface area contributed by atoms with Crippen LogP contribution in [0.5, 0.6) is 0 Å². The van der Waals surface area contributed by atoms with Gasteiger partial charge >= 0.3 is 0 Å². The van der Waals surface area contributed by atoms with Crippen LogP contribution in [0, 0.1) is 13.8 Å². The Balaban J connectivity index is 2.25. The van der Waals surface area contributed by atoms with E-state index in [9.17, 15) is 0 Å². The molecule has 0 amide bonds. The van der Waals surface area contributed by atoms with Crippen LogP contribution in [-0.4, -0.2) is 4.98 Å². The molecule has 0 aliphatic rings. The maximum Gasteiger partial charge on any atom is 0.0453 e. The highest BCUT2D eigenvalue weighted by atomic mass is 79.9. The monoisotopic (exact) mass is 367 g/mol. The highest BCUT2D eigenvalue weighted by molar-refractivity contribution is 9.10. The van der Waals surface area contributed by atoms with Gasteiger partial charge in [-0.1, -0.05) is 44.0 Å². The number of aromatic nitrogens is 1. The normalized spacial score (nSPS) is 12.4. The fraction of sp³-hybridized carbons (Fsp3) is 0.267. The molecule has 0 aliphatic heterocycles. The van der Waals surface area contributed by atoms with Crippen LogP contribution in [0.25, 0.3) is 0 Å². The summed E-state index contributed by atoms with van der Waals surface area (Å²) < 4.78 is 1.12. The molecule has 0 spiro atoms. The fourth-order valence-corrected chi connectivity index (χ4v) is 3.14. The molecule has 94 valence electrons. The molecule has 0 aliphatic carbocycles. The van der Waals surface area contributed by atoms with E-state index < -0.39 is 0 Å². The van der Waals surface area contributed by atoms with Crippen LogP contribution >= 0.6 is 31.9 Å². The number of alkyl halides is 1. The van der Waals surface area contributed by atoms with Gasteiger partial charge < -0.3 is 0 Å². The molecular formula is C15H15Br2N. The van der Waals surface area contributed by atoms with Crippen molar-refractivity contribution < 1.29 is 0 Å². The summed E-state index contributed by atoms with van der Waals surface area (Å²) in [5.74, 6) is 0. The Bertz CT molecular complexity index is 552. The zero-order valence-corrected chi connectivity index (χ0v) is 13.6. The van der Waals surface area contributed by atoms with Crippen LogP contribution in [0.4, 0.5) is 0 Å². The highest BCUT2D eigenvalue weighted by Gasteiger charge is 2.13. The molecule has 0 radical (unpaired) electrons.